The van der Waals surface area contributed by atoms with E-state index in [1.54, 1.807) is 18.4 Å². The van der Waals surface area contributed by atoms with Crippen molar-refractivity contribution >= 4 is 41.3 Å². The Morgan fingerprint density at radius 2 is 2.12 bits per heavy atom. The van der Waals surface area contributed by atoms with Crippen LogP contribution in [0.15, 0.2) is 29.4 Å². The molecule has 0 atom stereocenters. The molecule has 0 spiro atoms. The molecule has 130 valence electrons. The second-order valence-corrected chi connectivity index (χ2v) is 6.47. The minimum absolute atomic E-state index is 0. The van der Waals surface area contributed by atoms with Gasteiger partial charge in [-0.3, -0.25) is 4.99 Å². The maximum atomic E-state index is 5.39. The summed E-state index contributed by atoms with van der Waals surface area (Å²) in [7, 11) is 1.77. The fraction of sp³-hybridized carbons (Fsp3) is 0.375. The molecule has 0 amide bonds. The van der Waals surface area contributed by atoms with Crippen LogP contribution >= 0.6 is 35.3 Å². The summed E-state index contributed by atoms with van der Waals surface area (Å²) in [5.74, 6) is 2.37. The average molecular weight is 460 g/mol. The Hall–Kier alpha value is -1.55. The van der Waals surface area contributed by atoms with Gasteiger partial charge < -0.3 is 20.1 Å². The Morgan fingerprint density at radius 3 is 2.88 bits per heavy atom. The molecule has 8 heteroatoms. The molecule has 24 heavy (non-hydrogen) atoms. The van der Waals surface area contributed by atoms with Gasteiger partial charge in [0.2, 0.25) is 6.79 Å². The van der Waals surface area contributed by atoms with Crippen molar-refractivity contribution in [2.75, 3.05) is 20.4 Å². The molecule has 1 aromatic carbocycles. The zero-order valence-corrected chi connectivity index (χ0v) is 16.8. The van der Waals surface area contributed by atoms with Gasteiger partial charge in [-0.15, -0.1) is 35.3 Å². The van der Waals surface area contributed by atoms with Crippen molar-refractivity contribution in [1.82, 2.24) is 15.6 Å². The first-order valence-electron chi connectivity index (χ1n) is 7.49. The summed E-state index contributed by atoms with van der Waals surface area (Å²) in [6.07, 6.45) is 2.80. The minimum atomic E-state index is 0. The number of benzene rings is 1. The number of ether oxygens (including phenoxy) is 2. The number of aromatic nitrogens is 1. The van der Waals surface area contributed by atoms with E-state index in [2.05, 4.69) is 27.5 Å². The lowest BCUT2D eigenvalue weighted by Crippen LogP contribution is -2.37. The fourth-order valence-electron chi connectivity index (χ4n) is 2.26. The lowest BCUT2D eigenvalue weighted by molar-refractivity contribution is 0.174. The Bertz CT molecular complexity index is 705. The van der Waals surface area contributed by atoms with E-state index in [0.717, 1.165) is 41.0 Å². The molecule has 0 unspecified atom stereocenters. The molecule has 1 aliphatic rings. The quantitative estimate of drug-likeness (QED) is 0.408. The maximum absolute atomic E-state index is 5.39. The second-order valence-electron chi connectivity index (χ2n) is 5.15. The second kappa shape index (κ2) is 9.07. The van der Waals surface area contributed by atoms with E-state index in [0.29, 0.717) is 13.3 Å². The predicted molar refractivity (Wildman–Crippen MR) is 107 cm³/mol. The molecule has 3 rings (SSSR count). The molecule has 6 nitrogen and oxygen atoms in total. The number of nitrogens with zero attached hydrogens (tertiary/aromatic N) is 2. The lowest BCUT2D eigenvalue weighted by Gasteiger charge is -2.11. The van der Waals surface area contributed by atoms with Gasteiger partial charge in [-0.25, -0.2) is 4.98 Å². The third kappa shape index (κ3) is 4.97. The number of rotatable bonds is 5. The van der Waals surface area contributed by atoms with Gasteiger partial charge in [-0.2, -0.15) is 0 Å². The molecule has 1 aromatic heterocycles. The molecule has 0 saturated heterocycles. The van der Waals surface area contributed by atoms with Gasteiger partial charge in [-0.1, -0.05) is 6.07 Å². The minimum Gasteiger partial charge on any atom is -0.454 e. The number of fused-ring (bicyclic) bond motifs is 1. The molecular weight excluding hydrogens is 439 g/mol. The number of nitrogens with one attached hydrogen (secondary N) is 2. The van der Waals surface area contributed by atoms with Gasteiger partial charge in [0.05, 0.1) is 5.01 Å². The number of hydrogen-bond acceptors (Lipinski definition) is 5. The molecule has 1 aliphatic heterocycles. The summed E-state index contributed by atoms with van der Waals surface area (Å²) < 4.78 is 10.7. The summed E-state index contributed by atoms with van der Waals surface area (Å²) in [5, 5.41) is 7.73. The van der Waals surface area contributed by atoms with Crippen LogP contribution in [-0.4, -0.2) is 31.3 Å². The highest BCUT2D eigenvalue weighted by molar-refractivity contribution is 14.0. The Kier molecular flexibility index (Phi) is 7.10. The van der Waals surface area contributed by atoms with Gasteiger partial charge in [0.15, 0.2) is 17.5 Å². The molecule has 0 bridgehead atoms. The van der Waals surface area contributed by atoms with Crippen LogP contribution in [0.1, 0.15) is 15.4 Å². The van der Waals surface area contributed by atoms with Crippen LogP contribution in [0, 0.1) is 6.92 Å². The summed E-state index contributed by atoms with van der Waals surface area (Å²) in [6.45, 7) is 3.84. The first kappa shape index (κ1) is 18.8. The summed E-state index contributed by atoms with van der Waals surface area (Å²) in [4.78, 5) is 9.83. The van der Waals surface area contributed by atoms with Crippen molar-refractivity contribution in [2.24, 2.45) is 4.99 Å². The first-order valence-corrected chi connectivity index (χ1v) is 8.30. The monoisotopic (exact) mass is 460 g/mol. The molecule has 2 heterocycles. The summed E-state index contributed by atoms with van der Waals surface area (Å²) >= 11 is 1.73. The predicted octanol–water partition coefficient (Wildman–Crippen LogP) is 2.71. The number of halogens is 1. The van der Waals surface area contributed by atoms with E-state index in [1.807, 2.05) is 24.4 Å². The maximum Gasteiger partial charge on any atom is 0.231 e. The number of thiazole rings is 1. The van der Waals surface area contributed by atoms with E-state index in [4.69, 9.17) is 9.47 Å². The van der Waals surface area contributed by atoms with Crippen LogP contribution in [-0.2, 0) is 13.0 Å². The van der Waals surface area contributed by atoms with Gasteiger partial charge >= 0.3 is 0 Å². The number of aryl methyl sites for hydroxylation is 1. The van der Waals surface area contributed by atoms with Crippen molar-refractivity contribution in [3.8, 4) is 11.5 Å². The molecule has 0 saturated carbocycles. The first-order chi connectivity index (χ1) is 11.2. The van der Waals surface area contributed by atoms with Crippen LogP contribution in [0.25, 0.3) is 0 Å². The summed E-state index contributed by atoms with van der Waals surface area (Å²) in [6, 6.07) is 5.94. The van der Waals surface area contributed by atoms with Crippen LogP contribution in [0.3, 0.4) is 0 Å². The van der Waals surface area contributed by atoms with Crippen LogP contribution in [0.5, 0.6) is 11.5 Å². The molecule has 0 aliphatic carbocycles. The topological polar surface area (TPSA) is 67.8 Å². The zero-order chi connectivity index (χ0) is 16.1. The molecule has 2 aromatic rings. The fourth-order valence-corrected chi connectivity index (χ4v) is 3.05. The summed E-state index contributed by atoms with van der Waals surface area (Å²) in [5.41, 5.74) is 1.12. The molecule has 0 fully saturated rings. The number of hydrogen-bond donors (Lipinski definition) is 2. The van der Waals surface area contributed by atoms with Gasteiger partial charge in [0.25, 0.3) is 0 Å². The molecule has 0 radical (unpaired) electrons. The van der Waals surface area contributed by atoms with E-state index < -0.39 is 0 Å². The highest BCUT2D eigenvalue weighted by Crippen LogP contribution is 2.32. The highest BCUT2D eigenvalue weighted by atomic mass is 127. The van der Waals surface area contributed by atoms with Crippen molar-refractivity contribution in [2.45, 2.75) is 19.9 Å². The van der Waals surface area contributed by atoms with Crippen LogP contribution < -0.4 is 20.1 Å². The number of aliphatic imine (C=N–C) groups is 1. The van der Waals surface area contributed by atoms with Crippen LogP contribution in [0.2, 0.25) is 0 Å². The third-order valence-electron chi connectivity index (χ3n) is 3.42. The zero-order valence-electron chi connectivity index (χ0n) is 13.7. The van der Waals surface area contributed by atoms with Crippen molar-refractivity contribution in [1.29, 1.82) is 0 Å². The lowest BCUT2D eigenvalue weighted by atomic mass is 10.2. The Labute approximate surface area is 162 Å². The van der Waals surface area contributed by atoms with Crippen molar-refractivity contribution in [3.05, 3.63) is 39.8 Å². The highest BCUT2D eigenvalue weighted by Gasteiger charge is 2.13. The van der Waals surface area contributed by atoms with Gasteiger partial charge in [0.1, 0.15) is 0 Å². The average Bonchev–Trinajstić information content (AvgIpc) is 3.18. The standard InChI is InChI=1S/C16H20N4O2S.HI/c1-11-8-19-15(23-11)5-6-18-16(17-2)20-9-12-3-4-13-14(7-12)22-10-21-13;/h3-4,7-8H,5-6,9-10H2,1-2H3,(H2,17,18,20);1H. The van der Waals surface area contributed by atoms with E-state index in [-0.39, 0.29) is 24.0 Å². The van der Waals surface area contributed by atoms with Crippen molar-refractivity contribution in [3.63, 3.8) is 0 Å². The van der Waals surface area contributed by atoms with Gasteiger partial charge in [0, 0.05) is 37.6 Å². The Morgan fingerprint density at radius 1 is 1.29 bits per heavy atom. The van der Waals surface area contributed by atoms with Gasteiger partial charge in [-0.05, 0) is 24.6 Å². The number of guanidine groups is 1. The molecular formula is C16H21IN4O2S. The SMILES string of the molecule is CN=C(NCCc1ncc(C)s1)NCc1ccc2c(c1)OCO2.I. The van der Waals surface area contributed by atoms with Crippen LogP contribution in [0.4, 0.5) is 0 Å². The Balaban J connectivity index is 0.00000208. The molecule has 2 N–H and O–H groups in total. The van der Waals surface area contributed by atoms with Crippen molar-refractivity contribution < 1.29 is 9.47 Å². The largest absolute Gasteiger partial charge is 0.454 e. The smallest absolute Gasteiger partial charge is 0.231 e. The van der Waals surface area contributed by atoms with E-state index in [9.17, 15) is 0 Å². The third-order valence-corrected chi connectivity index (χ3v) is 4.39. The van der Waals surface area contributed by atoms with E-state index >= 15 is 0 Å². The van der Waals surface area contributed by atoms with E-state index in [1.165, 1.54) is 4.88 Å². The normalized spacial score (nSPS) is 12.7.